The topological polar surface area (TPSA) is 57.5 Å². The van der Waals surface area contributed by atoms with Crippen LogP contribution in [0.2, 0.25) is 0 Å². The average Bonchev–Trinajstić information content (AvgIpc) is 2.86. The highest BCUT2D eigenvalue weighted by Crippen LogP contribution is 2.37. The van der Waals surface area contributed by atoms with Gasteiger partial charge in [0.25, 0.3) is 0 Å². The molecule has 1 aliphatic carbocycles. The summed E-state index contributed by atoms with van der Waals surface area (Å²) in [6, 6.07) is 5.91. The summed E-state index contributed by atoms with van der Waals surface area (Å²) in [6.45, 7) is 5.48. The monoisotopic (exact) mass is 343 g/mol. The predicted octanol–water partition coefficient (Wildman–Crippen LogP) is 4.56. The van der Waals surface area contributed by atoms with Crippen LogP contribution in [0, 0.1) is 6.92 Å². The highest BCUT2D eigenvalue weighted by molar-refractivity contribution is 6.06. The highest BCUT2D eigenvalue weighted by Gasteiger charge is 2.26. The Bertz CT molecular complexity index is 800. The molecule has 0 bridgehead atoms. The van der Waals surface area contributed by atoms with Crippen LogP contribution in [-0.4, -0.2) is 23.1 Å². The number of hydrogen-bond acceptors (Lipinski definition) is 4. The molecule has 134 valence electrons. The van der Waals surface area contributed by atoms with Gasteiger partial charge in [-0.25, -0.2) is 4.79 Å². The molecule has 1 saturated carbocycles. The fourth-order valence-corrected chi connectivity index (χ4v) is 3.92. The Hall–Kier alpha value is -2.30. The van der Waals surface area contributed by atoms with Crippen LogP contribution in [0.15, 0.2) is 18.2 Å². The lowest BCUT2D eigenvalue weighted by atomic mass is 9.95. The van der Waals surface area contributed by atoms with E-state index in [9.17, 15) is 9.59 Å². The molecule has 0 amide bonds. The van der Waals surface area contributed by atoms with Gasteiger partial charge in [0.2, 0.25) is 0 Å². The second-order valence-corrected chi connectivity index (χ2v) is 6.62. The van der Waals surface area contributed by atoms with Crippen molar-refractivity contribution in [2.24, 2.45) is 0 Å². The minimum atomic E-state index is -0.375. The molecule has 0 atom stereocenters. The number of rotatable bonds is 4. The van der Waals surface area contributed by atoms with E-state index in [0.29, 0.717) is 24.0 Å². The summed E-state index contributed by atoms with van der Waals surface area (Å²) in [6.07, 6.45) is 5.95. The Morgan fingerprint density at radius 3 is 2.56 bits per heavy atom. The van der Waals surface area contributed by atoms with Crippen molar-refractivity contribution in [2.45, 2.75) is 58.9 Å². The summed E-state index contributed by atoms with van der Waals surface area (Å²) in [4.78, 5) is 23.8. The smallest absolute Gasteiger partial charge is 0.340 e. The Morgan fingerprint density at radius 1 is 1.20 bits per heavy atom. The SMILES string of the molecule is CCOC(=O)c1c(C)n(C2CCCCC2)c2ccc(OC(C)=O)cc12. The van der Waals surface area contributed by atoms with Crippen molar-refractivity contribution in [1.29, 1.82) is 0 Å². The van der Waals surface area contributed by atoms with Crippen LogP contribution >= 0.6 is 0 Å². The molecule has 0 saturated heterocycles. The van der Waals surface area contributed by atoms with Crippen molar-refractivity contribution in [3.05, 3.63) is 29.5 Å². The first-order valence-electron chi connectivity index (χ1n) is 9.03. The number of benzene rings is 1. The van der Waals surface area contributed by atoms with Crippen LogP contribution in [0.1, 0.15) is 68.0 Å². The van der Waals surface area contributed by atoms with E-state index >= 15 is 0 Å². The number of carbonyl (C=O) groups excluding carboxylic acids is 2. The molecular formula is C20H25NO4. The van der Waals surface area contributed by atoms with Crippen LogP contribution in [-0.2, 0) is 9.53 Å². The lowest BCUT2D eigenvalue weighted by Crippen LogP contribution is -2.15. The fourth-order valence-electron chi connectivity index (χ4n) is 3.92. The van der Waals surface area contributed by atoms with E-state index in [1.54, 1.807) is 19.1 Å². The molecule has 0 spiro atoms. The number of esters is 2. The molecule has 5 nitrogen and oxygen atoms in total. The minimum absolute atomic E-state index is 0.320. The van der Waals surface area contributed by atoms with E-state index in [4.69, 9.17) is 9.47 Å². The summed E-state index contributed by atoms with van der Waals surface area (Å²) >= 11 is 0. The van der Waals surface area contributed by atoms with Gasteiger partial charge < -0.3 is 14.0 Å². The lowest BCUT2D eigenvalue weighted by Gasteiger charge is -2.26. The summed E-state index contributed by atoms with van der Waals surface area (Å²) in [5.74, 6) is -0.244. The van der Waals surface area contributed by atoms with Gasteiger partial charge in [0, 0.05) is 29.6 Å². The van der Waals surface area contributed by atoms with Gasteiger partial charge in [-0.2, -0.15) is 0 Å². The van der Waals surface area contributed by atoms with Crippen LogP contribution in [0.5, 0.6) is 5.75 Å². The summed E-state index contributed by atoms with van der Waals surface area (Å²) < 4.78 is 12.8. The second-order valence-electron chi connectivity index (χ2n) is 6.62. The van der Waals surface area contributed by atoms with Gasteiger partial charge in [-0.1, -0.05) is 19.3 Å². The van der Waals surface area contributed by atoms with Crippen molar-refractivity contribution in [2.75, 3.05) is 6.61 Å². The van der Waals surface area contributed by atoms with Gasteiger partial charge in [0.1, 0.15) is 5.75 Å². The summed E-state index contributed by atoms with van der Waals surface area (Å²) in [5, 5.41) is 0.792. The Labute approximate surface area is 147 Å². The first kappa shape index (κ1) is 17.5. The standard InChI is InChI=1S/C20H25NO4/c1-4-24-20(23)19-13(2)21(15-8-6-5-7-9-15)18-11-10-16(12-17(18)19)25-14(3)22/h10-12,15H,4-9H2,1-3H3. The molecule has 2 aromatic rings. The molecule has 0 aliphatic heterocycles. The van der Waals surface area contributed by atoms with E-state index in [0.717, 1.165) is 29.4 Å². The first-order chi connectivity index (χ1) is 12.0. The number of fused-ring (bicyclic) bond motifs is 1. The average molecular weight is 343 g/mol. The van der Waals surface area contributed by atoms with Gasteiger partial charge in [0.15, 0.2) is 0 Å². The summed E-state index contributed by atoms with van der Waals surface area (Å²) in [5.41, 5.74) is 2.51. The van der Waals surface area contributed by atoms with Gasteiger partial charge in [-0.15, -0.1) is 0 Å². The molecular weight excluding hydrogens is 318 g/mol. The van der Waals surface area contributed by atoms with E-state index in [1.807, 2.05) is 13.0 Å². The van der Waals surface area contributed by atoms with E-state index in [-0.39, 0.29) is 11.9 Å². The Morgan fingerprint density at radius 2 is 1.92 bits per heavy atom. The van der Waals surface area contributed by atoms with Gasteiger partial charge in [-0.05, 0) is 44.9 Å². The number of aromatic nitrogens is 1. The zero-order valence-corrected chi connectivity index (χ0v) is 15.1. The third-order valence-electron chi connectivity index (χ3n) is 4.90. The predicted molar refractivity (Wildman–Crippen MR) is 96.1 cm³/mol. The van der Waals surface area contributed by atoms with Crippen molar-refractivity contribution >= 4 is 22.8 Å². The highest BCUT2D eigenvalue weighted by atomic mass is 16.5. The number of carbonyl (C=O) groups is 2. The molecule has 1 heterocycles. The maximum Gasteiger partial charge on any atom is 0.340 e. The molecule has 0 radical (unpaired) electrons. The minimum Gasteiger partial charge on any atom is -0.462 e. The number of nitrogens with zero attached hydrogens (tertiary/aromatic N) is 1. The lowest BCUT2D eigenvalue weighted by molar-refractivity contribution is -0.131. The largest absolute Gasteiger partial charge is 0.462 e. The first-order valence-corrected chi connectivity index (χ1v) is 9.03. The third kappa shape index (κ3) is 3.41. The quantitative estimate of drug-likeness (QED) is 0.603. The molecule has 1 aliphatic rings. The molecule has 0 N–H and O–H groups in total. The molecule has 1 fully saturated rings. The Balaban J connectivity index is 2.16. The molecule has 3 rings (SSSR count). The van der Waals surface area contributed by atoms with Crippen LogP contribution in [0.25, 0.3) is 10.9 Å². The zero-order valence-electron chi connectivity index (χ0n) is 15.1. The van der Waals surface area contributed by atoms with Crippen molar-refractivity contribution in [3.63, 3.8) is 0 Å². The van der Waals surface area contributed by atoms with E-state index in [2.05, 4.69) is 4.57 Å². The van der Waals surface area contributed by atoms with E-state index in [1.165, 1.54) is 26.2 Å². The molecule has 5 heteroatoms. The number of hydrogen-bond donors (Lipinski definition) is 0. The van der Waals surface area contributed by atoms with Crippen molar-refractivity contribution in [1.82, 2.24) is 4.57 Å². The van der Waals surface area contributed by atoms with Gasteiger partial charge >= 0.3 is 11.9 Å². The zero-order chi connectivity index (χ0) is 18.0. The molecule has 1 aromatic heterocycles. The second kappa shape index (κ2) is 7.30. The van der Waals surface area contributed by atoms with Crippen LogP contribution in [0.4, 0.5) is 0 Å². The van der Waals surface area contributed by atoms with Gasteiger partial charge in [0.05, 0.1) is 12.2 Å². The fraction of sp³-hybridized carbons (Fsp3) is 0.500. The van der Waals surface area contributed by atoms with Crippen molar-refractivity contribution in [3.8, 4) is 5.75 Å². The maximum atomic E-state index is 12.6. The summed E-state index contributed by atoms with van der Waals surface area (Å²) in [7, 11) is 0. The van der Waals surface area contributed by atoms with E-state index < -0.39 is 0 Å². The normalized spacial score (nSPS) is 15.3. The van der Waals surface area contributed by atoms with Gasteiger partial charge in [-0.3, -0.25) is 4.79 Å². The van der Waals surface area contributed by atoms with Crippen LogP contribution in [0.3, 0.4) is 0 Å². The Kier molecular flexibility index (Phi) is 5.11. The molecule has 1 aromatic carbocycles. The van der Waals surface area contributed by atoms with Crippen LogP contribution < -0.4 is 4.74 Å². The number of ether oxygens (including phenoxy) is 2. The molecule has 25 heavy (non-hydrogen) atoms. The van der Waals surface area contributed by atoms with Crippen molar-refractivity contribution < 1.29 is 19.1 Å². The molecule has 0 unspecified atom stereocenters. The third-order valence-corrected chi connectivity index (χ3v) is 4.90. The maximum absolute atomic E-state index is 12.6.